The Balaban J connectivity index is 0. The molecule has 0 aliphatic heterocycles. The van der Waals surface area contributed by atoms with Crippen molar-refractivity contribution in [3.63, 3.8) is 0 Å². The lowest BCUT2D eigenvalue weighted by Crippen LogP contribution is -2.23. The van der Waals surface area contributed by atoms with Crippen LogP contribution in [-0.2, 0) is 33.3 Å². The molecule has 1 N–H and O–H groups in total. The Morgan fingerprint density at radius 3 is 1.85 bits per heavy atom. The quantitative estimate of drug-likeness (QED) is 0.485. The number of rotatable bonds is 13. The number of esters is 1. The van der Waals surface area contributed by atoms with Crippen LogP contribution in [0.5, 0.6) is 0 Å². The first-order valence-corrected chi connectivity index (χ1v) is 8.72. The van der Waals surface area contributed by atoms with Crippen molar-refractivity contribution in [1.82, 2.24) is 0 Å². The molecule has 0 aromatic heterocycles. The largest absolute Gasteiger partial charge is 0.481 e. The van der Waals surface area contributed by atoms with Gasteiger partial charge in [0.1, 0.15) is 6.61 Å². The summed E-state index contributed by atoms with van der Waals surface area (Å²) in [6, 6.07) is 0. The number of hydrogen-bond donors (Lipinski definition) is 1. The molecule has 8 heteroatoms. The average Bonchev–Trinajstić information content (AvgIpc) is 2.56. The van der Waals surface area contributed by atoms with Crippen molar-refractivity contribution in [2.45, 2.75) is 59.4 Å². The van der Waals surface area contributed by atoms with Crippen LogP contribution in [0.4, 0.5) is 0 Å². The van der Waals surface area contributed by atoms with E-state index in [1.165, 1.54) is 6.92 Å². The highest BCUT2D eigenvalue weighted by Gasteiger charge is 2.10. The lowest BCUT2D eigenvalue weighted by molar-refractivity contribution is -0.145. The molecule has 0 saturated carbocycles. The van der Waals surface area contributed by atoms with Gasteiger partial charge < -0.3 is 28.8 Å². The molecule has 4 unspecified atom stereocenters. The van der Waals surface area contributed by atoms with Crippen molar-refractivity contribution >= 4 is 11.9 Å². The highest BCUT2D eigenvalue weighted by Crippen LogP contribution is 2.04. The van der Waals surface area contributed by atoms with Gasteiger partial charge >= 0.3 is 11.9 Å². The Bertz CT molecular complexity index is 361. The van der Waals surface area contributed by atoms with Crippen LogP contribution in [-0.4, -0.2) is 76.0 Å². The summed E-state index contributed by atoms with van der Waals surface area (Å²) in [6.45, 7) is 10.7. The summed E-state index contributed by atoms with van der Waals surface area (Å²) in [5, 5.41) is 8.47. The topological polar surface area (TPSA) is 101 Å². The third-order valence-corrected chi connectivity index (χ3v) is 3.13. The number of aliphatic carboxylic acids is 1. The van der Waals surface area contributed by atoms with Gasteiger partial charge in [0.15, 0.2) is 0 Å². The first-order valence-electron chi connectivity index (χ1n) is 8.72. The van der Waals surface area contributed by atoms with E-state index in [4.69, 9.17) is 28.8 Å². The fourth-order valence-corrected chi connectivity index (χ4v) is 1.62. The van der Waals surface area contributed by atoms with Gasteiger partial charge in [-0.1, -0.05) is 6.92 Å². The smallest absolute Gasteiger partial charge is 0.303 e. The fraction of sp³-hybridized carbons (Fsp3) is 0.889. The number of carbonyl (C=O) groups is 2. The van der Waals surface area contributed by atoms with Gasteiger partial charge in [0.25, 0.3) is 0 Å². The summed E-state index contributed by atoms with van der Waals surface area (Å²) in [5.74, 6) is -1.01. The predicted molar refractivity (Wildman–Crippen MR) is 97.2 cm³/mol. The van der Waals surface area contributed by atoms with Gasteiger partial charge in [-0.05, 0) is 26.7 Å². The zero-order valence-corrected chi connectivity index (χ0v) is 17.1. The number of carboxylic acids is 1. The van der Waals surface area contributed by atoms with E-state index in [9.17, 15) is 9.59 Å². The highest BCUT2D eigenvalue weighted by molar-refractivity contribution is 5.67. The molecular weight excluding hydrogens is 344 g/mol. The van der Waals surface area contributed by atoms with Gasteiger partial charge in [-0.3, -0.25) is 9.59 Å². The van der Waals surface area contributed by atoms with Crippen LogP contribution in [0.25, 0.3) is 0 Å². The average molecular weight is 380 g/mol. The van der Waals surface area contributed by atoms with Crippen molar-refractivity contribution in [2.24, 2.45) is 5.92 Å². The molecular formula is C18H36O8. The summed E-state index contributed by atoms with van der Waals surface area (Å²) in [4.78, 5) is 20.7. The summed E-state index contributed by atoms with van der Waals surface area (Å²) in [6.07, 6.45) is 0.169. The molecule has 156 valence electrons. The highest BCUT2D eigenvalue weighted by atomic mass is 16.6. The van der Waals surface area contributed by atoms with Crippen LogP contribution in [0.2, 0.25) is 0 Å². The lowest BCUT2D eigenvalue weighted by Gasteiger charge is -2.15. The number of hydrogen-bond acceptors (Lipinski definition) is 7. The third-order valence-electron chi connectivity index (χ3n) is 3.13. The minimum absolute atomic E-state index is 0.0289. The SMILES string of the molecule is COC(C)COC(C)COC(C)=O.COCC(C)OCC(C)CC(=O)O. The van der Waals surface area contributed by atoms with Crippen molar-refractivity contribution in [2.75, 3.05) is 40.6 Å². The van der Waals surface area contributed by atoms with E-state index in [0.29, 0.717) is 26.4 Å². The maximum Gasteiger partial charge on any atom is 0.303 e. The number of carbonyl (C=O) groups excluding carboxylic acids is 1. The molecule has 8 nitrogen and oxygen atoms in total. The molecule has 0 spiro atoms. The summed E-state index contributed by atoms with van der Waals surface area (Å²) in [7, 11) is 3.24. The molecule has 26 heavy (non-hydrogen) atoms. The normalized spacial score (nSPS) is 15.2. The van der Waals surface area contributed by atoms with E-state index >= 15 is 0 Å². The van der Waals surface area contributed by atoms with Gasteiger partial charge in [-0.2, -0.15) is 0 Å². The van der Waals surface area contributed by atoms with Crippen LogP contribution in [0.3, 0.4) is 0 Å². The van der Waals surface area contributed by atoms with Crippen LogP contribution >= 0.6 is 0 Å². The van der Waals surface area contributed by atoms with E-state index < -0.39 is 5.97 Å². The number of carboxylic acid groups (broad SMARTS) is 1. The Hall–Kier alpha value is -1.22. The van der Waals surface area contributed by atoms with Gasteiger partial charge in [-0.25, -0.2) is 0 Å². The standard InChI is InChI=1S/2C9H18O4/c1-7(11-4)5-12-8(2)6-13-9(3)10;1-7(4-9(10)11)5-13-8(2)6-12-3/h7-8H,5-6H2,1-4H3;7-8H,4-6H2,1-3H3,(H,10,11). The fourth-order valence-electron chi connectivity index (χ4n) is 1.62. The van der Waals surface area contributed by atoms with Gasteiger partial charge in [0.2, 0.25) is 0 Å². The second kappa shape index (κ2) is 17.2. The molecule has 4 atom stereocenters. The Kier molecular flexibility index (Phi) is 17.9. The second-order valence-electron chi connectivity index (χ2n) is 6.30. The minimum Gasteiger partial charge on any atom is -0.481 e. The van der Waals surface area contributed by atoms with Crippen molar-refractivity contribution in [3.8, 4) is 0 Å². The monoisotopic (exact) mass is 380 g/mol. The van der Waals surface area contributed by atoms with E-state index in [1.54, 1.807) is 14.2 Å². The maximum atomic E-state index is 10.4. The summed E-state index contributed by atoms with van der Waals surface area (Å²) in [5.41, 5.74) is 0. The van der Waals surface area contributed by atoms with E-state index in [-0.39, 0.29) is 36.6 Å². The van der Waals surface area contributed by atoms with E-state index in [1.807, 2.05) is 27.7 Å². The van der Waals surface area contributed by atoms with Gasteiger partial charge in [0, 0.05) is 21.1 Å². The van der Waals surface area contributed by atoms with Crippen molar-refractivity contribution < 1.29 is 38.4 Å². The molecule has 0 heterocycles. The van der Waals surface area contributed by atoms with Gasteiger partial charge in [-0.15, -0.1) is 0 Å². The molecule has 0 aliphatic rings. The number of ether oxygens (including phenoxy) is 5. The first-order chi connectivity index (χ1) is 12.1. The van der Waals surface area contributed by atoms with Crippen LogP contribution in [0.15, 0.2) is 0 Å². The predicted octanol–water partition coefficient (Wildman–Crippen LogP) is 2.14. The molecule has 0 rings (SSSR count). The maximum absolute atomic E-state index is 10.4. The molecule has 0 aliphatic carbocycles. The van der Waals surface area contributed by atoms with Crippen LogP contribution in [0, 0.1) is 5.92 Å². The van der Waals surface area contributed by atoms with Crippen LogP contribution in [0.1, 0.15) is 41.0 Å². The van der Waals surface area contributed by atoms with Crippen molar-refractivity contribution in [1.29, 1.82) is 0 Å². The molecule has 0 aromatic rings. The lowest BCUT2D eigenvalue weighted by atomic mass is 10.1. The van der Waals surface area contributed by atoms with Gasteiger partial charge in [0.05, 0.1) is 44.6 Å². The molecule has 0 amide bonds. The molecule has 0 bridgehead atoms. The Morgan fingerprint density at radius 2 is 1.38 bits per heavy atom. The first kappa shape index (κ1) is 27.0. The van der Waals surface area contributed by atoms with E-state index in [0.717, 1.165) is 0 Å². The molecule has 0 fully saturated rings. The summed E-state index contributed by atoms with van der Waals surface area (Å²) < 4.78 is 25.3. The Morgan fingerprint density at radius 1 is 0.846 bits per heavy atom. The van der Waals surface area contributed by atoms with E-state index in [2.05, 4.69) is 0 Å². The zero-order valence-electron chi connectivity index (χ0n) is 17.1. The zero-order chi connectivity index (χ0) is 20.5. The second-order valence-corrected chi connectivity index (χ2v) is 6.30. The molecule has 0 saturated heterocycles. The number of methoxy groups -OCH3 is 2. The third kappa shape index (κ3) is 20.8. The molecule has 0 aromatic carbocycles. The Labute approximate surface area is 157 Å². The summed E-state index contributed by atoms with van der Waals surface area (Å²) >= 11 is 0. The molecule has 0 radical (unpaired) electrons. The van der Waals surface area contributed by atoms with Crippen molar-refractivity contribution in [3.05, 3.63) is 0 Å². The van der Waals surface area contributed by atoms with Crippen LogP contribution < -0.4 is 0 Å². The minimum atomic E-state index is -0.782.